The molecule has 0 saturated carbocycles. The topological polar surface area (TPSA) is 46.2 Å². The minimum atomic E-state index is -1.04. The minimum absolute atomic E-state index is 0.0118. The lowest BCUT2D eigenvalue weighted by Crippen LogP contribution is -2.21. The fourth-order valence-electron chi connectivity index (χ4n) is 2.21. The van der Waals surface area contributed by atoms with Crippen LogP contribution in [0.15, 0.2) is 36.4 Å². The molecule has 2 aromatic carbocycles. The molecule has 112 valence electrons. The van der Waals surface area contributed by atoms with Crippen LogP contribution in [0.1, 0.15) is 23.1 Å². The normalized spacial score (nSPS) is 14.0. The predicted octanol–water partition coefficient (Wildman–Crippen LogP) is 4.56. The molecule has 3 N–H and O–H groups in total. The van der Waals surface area contributed by atoms with Crippen LogP contribution in [0.5, 0.6) is 0 Å². The largest absolute Gasteiger partial charge is 0.388 e. The molecule has 0 aliphatic heterocycles. The number of hydrogen-bond acceptors (Lipinski definition) is 2. The summed E-state index contributed by atoms with van der Waals surface area (Å²) in [6, 6.07) is 9.30. The van der Waals surface area contributed by atoms with Gasteiger partial charge >= 0.3 is 0 Å². The first kappa shape index (κ1) is 16.5. The fraction of sp³-hybridized carbons (Fsp3) is 0.200. The lowest BCUT2D eigenvalue weighted by Gasteiger charge is -2.23. The van der Waals surface area contributed by atoms with E-state index >= 15 is 0 Å². The maximum Gasteiger partial charge on any atom is 0.145 e. The van der Waals surface area contributed by atoms with Crippen LogP contribution in [0, 0.1) is 5.82 Å². The molecule has 0 saturated heterocycles. The van der Waals surface area contributed by atoms with Gasteiger partial charge in [0.05, 0.1) is 11.1 Å². The summed E-state index contributed by atoms with van der Waals surface area (Å²) in [5.74, 6) is -1.24. The molecule has 0 radical (unpaired) electrons. The first-order valence-corrected chi connectivity index (χ1v) is 7.35. The van der Waals surface area contributed by atoms with Crippen molar-refractivity contribution in [3.05, 3.63) is 68.4 Å². The summed E-state index contributed by atoms with van der Waals surface area (Å²) in [6.07, 6.45) is -1.04. The highest BCUT2D eigenvalue weighted by atomic mass is 35.5. The molecule has 2 aromatic rings. The van der Waals surface area contributed by atoms with Gasteiger partial charge < -0.3 is 10.8 Å². The summed E-state index contributed by atoms with van der Waals surface area (Å²) in [7, 11) is 0. The summed E-state index contributed by atoms with van der Waals surface area (Å²) < 4.78 is 14.1. The average Bonchev–Trinajstić information content (AvgIpc) is 2.43. The van der Waals surface area contributed by atoms with E-state index in [1.807, 2.05) is 0 Å². The van der Waals surface area contributed by atoms with Crippen LogP contribution in [0.4, 0.5) is 4.39 Å². The number of aliphatic hydroxyl groups excluding tert-OH is 1. The van der Waals surface area contributed by atoms with E-state index in [4.69, 9.17) is 40.5 Å². The Hall–Kier alpha value is -0.840. The third kappa shape index (κ3) is 3.68. The van der Waals surface area contributed by atoms with Crippen LogP contribution in [-0.4, -0.2) is 11.7 Å². The van der Waals surface area contributed by atoms with Gasteiger partial charge in [-0.2, -0.15) is 0 Å². The maximum absolute atomic E-state index is 14.1. The molecule has 0 aliphatic carbocycles. The molecule has 2 nitrogen and oxygen atoms in total. The number of aliphatic hydroxyl groups is 1. The molecule has 2 rings (SSSR count). The Morgan fingerprint density at radius 1 is 1.10 bits per heavy atom. The van der Waals surface area contributed by atoms with Crippen LogP contribution < -0.4 is 5.73 Å². The van der Waals surface area contributed by atoms with E-state index in [0.29, 0.717) is 15.6 Å². The zero-order chi connectivity index (χ0) is 15.6. The van der Waals surface area contributed by atoms with Crippen molar-refractivity contribution in [2.45, 2.75) is 12.0 Å². The van der Waals surface area contributed by atoms with Crippen LogP contribution in [0.3, 0.4) is 0 Å². The molecular weight excluding hydrogens is 336 g/mol. The zero-order valence-corrected chi connectivity index (χ0v) is 13.1. The maximum atomic E-state index is 14.1. The average molecular weight is 349 g/mol. The van der Waals surface area contributed by atoms with E-state index in [1.54, 1.807) is 30.3 Å². The number of nitrogens with two attached hydrogens (primary N) is 1. The molecule has 2 unspecified atom stereocenters. The molecule has 0 spiro atoms. The SMILES string of the molecule is NCC(c1cccc(Cl)c1F)C(O)c1cc(Cl)cc(Cl)c1. The van der Waals surface area contributed by atoms with E-state index < -0.39 is 17.8 Å². The second-order valence-electron chi connectivity index (χ2n) is 4.63. The number of hydrogen-bond donors (Lipinski definition) is 2. The summed E-state index contributed by atoms with van der Waals surface area (Å²) in [5.41, 5.74) is 6.43. The molecule has 0 amide bonds. The molecule has 0 aliphatic rings. The van der Waals surface area contributed by atoms with Gasteiger partial charge in [0, 0.05) is 22.5 Å². The lowest BCUT2D eigenvalue weighted by molar-refractivity contribution is 0.146. The Balaban J connectivity index is 2.43. The summed E-state index contributed by atoms with van der Waals surface area (Å²) in [4.78, 5) is 0. The number of rotatable bonds is 4. The Bertz CT molecular complexity index is 631. The van der Waals surface area contributed by atoms with Gasteiger partial charge in [-0.1, -0.05) is 46.9 Å². The van der Waals surface area contributed by atoms with Gasteiger partial charge in [0.2, 0.25) is 0 Å². The van der Waals surface area contributed by atoms with Gasteiger partial charge in [-0.25, -0.2) is 4.39 Å². The van der Waals surface area contributed by atoms with Crippen molar-refractivity contribution in [2.75, 3.05) is 6.54 Å². The van der Waals surface area contributed by atoms with Crippen molar-refractivity contribution in [3.8, 4) is 0 Å². The third-order valence-corrected chi connectivity index (χ3v) is 3.97. The second-order valence-corrected chi connectivity index (χ2v) is 5.91. The monoisotopic (exact) mass is 347 g/mol. The van der Waals surface area contributed by atoms with Crippen molar-refractivity contribution in [2.24, 2.45) is 5.73 Å². The quantitative estimate of drug-likeness (QED) is 0.850. The molecule has 0 bridgehead atoms. The molecule has 21 heavy (non-hydrogen) atoms. The van der Waals surface area contributed by atoms with Gasteiger partial charge in [0.25, 0.3) is 0 Å². The summed E-state index contributed by atoms with van der Waals surface area (Å²) in [6.45, 7) is 0.0442. The smallest absolute Gasteiger partial charge is 0.145 e. The lowest BCUT2D eigenvalue weighted by atomic mass is 9.89. The van der Waals surface area contributed by atoms with Crippen molar-refractivity contribution in [1.29, 1.82) is 0 Å². The highest BCUT2D eigenvalue weighted by Gasteiger charge is 2.25. The first-order chi connectivity index (χ1) is 9.93. The van der Waals surface area contributed by atoms with Crippen molar-refractivity contribution >= 4 is 34.8 Å². The first-order valence-electron chi connectivity index (χ1n) is 6.22. The van der Waals surface area contributed by atoms with E-state index in [0.717, 1.165) is 0 Å². The van der Waals surface area contributed by atoms with Crippen molar-refractivity contribution < 1.29 is 9.50 Å². The molecule has 2 atom stereocenters. The molecule has 0 aromatic heterocycles. The Morgan fingerprint density at radius 3 is 2.29 bits per heavy atom. The summed E-state index contributed by atoms with van der Waals surface area (Å²) >= 11 is 17.6. The fourth-order valence-corrected chi connectivity index (χ4v) is 2.94. The Labute approximate surface area is 137 Å². The van der Waals surface area contributed by atoms with E-state index in [1.165, 1.54) is 6.07 Å². The van der Waals surface area contributed by atoms with Crippen LogP contribution >= 0.6 is 34.8 Å². The highest BCUT2D eigenvalue weighted by Crippen LogP contribution is 2.35. The van der Waals surface area contributed by atoms with Crippen LogP contribution in [0.25, 0.3) is 0 Å². The zero-order valence-electron chi connectivity index (χ0n) is 10.9. The predicted molar refractivity (Wildman–Crippen MR) is 84.6 cm³/mol. The van der Waals surface area contributed by atoms with Crippen LogP contribution in [0.2, 0.25) is 15.1 Å². The van der Waals surface area contributed by atoms with Gasteiger partial charge in [0.15, 0.2) is 0 Å². The van der Waals surface area contributed by atoms with E-state index in [2.05, 4.69) is 0 Å². The Kier molecular flexibility index (Phi) is 5.47. The second kappa shape index (κ2) is 6.95. The molecule has 6 heteroatoms. The van der Waals surface area contributed by atoms with Gasteiger partial charge in [-0.05, 0) is 35.4 Å². The number of halogens is 4. The molecule has 0 heterocycles. The van der Waals surface area contributed by atoms with Gasteiger partial charge in [-0.15, -0.1) is 0 Å². The highest BCUT2D eigenvalue weighted by molar-refractivity contribution is 6.34. The standard InChI is InChI=1S/C15H13Cl3FNO/c16-9-4-8(5-10(17)6-9)15(21)12(7-20)11-2-1-3-13(18)14(11)19/h1-6,12,15,21H,7,20H2. The molecule has 0 fully saturated rings. The van der Waals surface area contributed by atoms with E-state index in [-0.39, 0.29) is 17.1 Å². The number of benzene rings is 2. The van der Waals surface area contributed by atoms with E-state index in [9.17, 15) is 9.50 Å². The van der Waals surface area contributed by atoms with Crippen molar-refractivity contribution in [3.63, 3.8) is 0 Å². The summed E-state index contributed by atoms with van der Waals surface area (Å²) in [5, 5.41) is 11.3. The Morgan fingerprint density at radius 2 is 1.71 bits per heavy atom. The third-order valence-electron chi connectivity index (χ3n) is 3.24. The van der Waals surface area contributed by atoms with Crippen molar-refractivity contribution in [1.82, 2.24) is 0 Å². The molecular formula is C15H13Cl3FNO. The minimum Gasteiger partial charge on any atom is -0.388 e. The van der Waals surface area contributed by atoms with Gasteiger partial charge in [-0.3, -0.25) is 0 Å². The van der Waals surface area contributed by atoms with Crippen LogP contribution in [-0.2, 0) is 0 Å². The van der Waals surface area contributed by atoms with Gasteiger partial charge in [0.1, 0.15) is 5.82 Å².